The van der Waals surface area contributed by atoms with E-state index in [0.717, 1.165) is 0 Å². The van der Waals surface area contributed by atoms with Gasteiger partial charge in [0.15, 0.2) is 5.78 Å². The Labute approximate surface area is 146 Å². The van der Waals surface area contributed by atoms with E-state index in [1.165, 1.54) is 0 Å². The van der Waals surface area contributed by atoms with Gasteiger partial charge >= 0.3 is 0 Å². The Kier molecular flexibility index (Phi) is 6.06. The fourth-order valence-electron chi connectivity index (χ4n) is 2.31. The molecule has 2 aromatic carbocycles. The first kappa shape index (κ1) is 18.8. The zero-order valence-electron chi connectivity index (χ0n) is 13.7. The molecule has 0 saturated heterocycles. The number of amides is 1. The molecule has 2 aromatic rings. The van der Waals surface area contributed by atoms with Gasteiger partial charge in [-0.25, -0.2) is 0 Å². The Balaban J connectivity index is 2.09. The lowest BCUT2D eigenvalue weighted by molar-refractivity contribution is -0.122. The van der Waals surface area contributed by atoms with Gasteiger partial charge in [-0.1, -0.05) is 48.5 Å². The van der Waals surface area contributed by atoms with Crippen LogP contribution in [0.15, 0.2) is 54.6 Å². The minimum atomic E-state index is -4.12. The number of hydrogen-bond acceptors (Lipinski definition) is 4. The molecule has 0 aliphatic rings. The third kappa shape index (κ3) is 5.51. The Morgan fingerprint density at radius 1 is 1.04 bits per heavy atom. The van der Waals surface area contributed by atoms with Crippen molar-refractivity contribution in [3.05, 3.63) is 71.3 Å². The zero-order chi connectivity index (χ0) is 18.4. The van der Waals surface area contributed by atoms with E-state index in [1.807, 2.05) is 6.07 Å². The monoisotopic (exact) mass is 361 g/mol. The number of hydrogen-bond donors (Lipinski definition) is 2. The predicted molar refractivity (Wildman–Crippen MR) is 94.2 cm³/mol. The van der Waals surface area contributed by atoms with Crippen LogP contribution in [0.5, 0.6) is 0 Å². The van der Waals surface area contributed by atoms with E-state index in [-0.39, 0.29) is 18.2 Å². The molecule has 0 aliphatic heterocycles. The Bertz CT molecular complexity index is 862. The smallest absolute Gasteiger partial charge is 0.266 e. The van der Waals surface area contributed by atoms with E-state index >= 15 is 0 Å². The maximum absolute atomic E-state index is 12.5. The summed E-state index contributed by atoms with van der Waals surface area (Å²) in [5.74, 6) is -1.63. The summed E-state index contributed by atoms with van der Waals surface area (Å²) in [6, 6.07) is 15.6. The first-order valence-corrected chi connectivity index (χ1v) is 9.31. The van der Waals surface area contributed by atoms with Gasteiger partial charge in [-0.2, -0.15) is 8.42 Å². The molecule has 0 aromatic heterocycles. The molecule has 7 heteroatoms. The highest BCUT2D eigenvalue weighted by Crippen LogP contribution is 2.19. The highest BCUT2D eigenvalue weighted by molar-refractivity contribution is 7.85. The summed E-state index contributed by atoms with van der Waals surface area (Å²) in [6.45, 7) is 1.49. The number of rotatable bonds is 7. The second kappa shape index (κ2) is 8.04. The van der Waals surface area contributed by atoms with Gasteiger partial charge in [0, 0.05) is 17.7 Å². The van der Waals surface area contributed by atoms with Gasteiger partial charge in [0.2, 0.25) is 5.91 Å². The quantitative estimate of drug-likeness (QED) is 0.580. The lowest BCUT2D eigenvalue weighted by Gasteiger charge is -2.13. The van der Waals surface area contributed by atoms with Crippen molar-refractivity contribution in [1.82, 2.24) is 5.32 Å². The standard InChI is InChI=1S/C18H19NO5S/c1-13(18(21)19-10-11-25(22,23)24)15-8-5-9-16(12-15)17(20)14-6-3-2-4-7-14/h2-9,12-13H,10-11H2,1H3,(H,19,21)(H,22,23,24)/t13-/m0/s1. The van der Waals surface area contributed by atoms with E-state index in [2.05, 4.69) is 5.32 Å². The molecule has 132 valence electrons. The lowest BCUT2D eigenvalue weighted by atomic mass is 9.95. The maximum atomic E-state index is 12.5. The van der Waals surface area contributed by atoms with Gasteiger partial charge in [-0.05, 0) is 18.6 Å². The van der Waals surface area contributed by atoms with Crippen LogP contribution in [-0.2, 0) is 14.9 Å². The molecular weight excluding hydrogens is 342 g/mol. The van der Waals surface area contributed by atoms with Crippen LogP contribution in [-0.4, -0.2) is 37.0 Å². The zero-order valence-corrected chi connectivity index (χ0v) is 14.5. The molecule has 25 heavy (non-hydrogen) atoms. The average molecular weight is 361 g/mol. The second-order valence-electron chi connectivity index (χ2n) is 5.62. The molecule has 0 unspecified atom stereocenters. The first-order chi connectivity index (χ1) is 11.8. The number of carbonyl (C=O) groups is 2. The van der Waals surface area contributed by atoms with Crippen LogP contribution in [0.2, 0.25) is 0 Å². The van der Waals surface area contributed by atoms with E-state index in [9.17, 15) is 18.0 Å². The summed E-state index contributed by atoms with van der Waals surface area (Å²) in [5.41, 5.74) is 1.68. The van der Waals surface area contributed by atoms with E-state index in [1.54, 1.807) is 55.5 Å². The molecule has 2 N–H and O–H groups in total. The molecule has 0 saturated carbocycles. The van der Waals surface area contributed by atoms with Crippen molar-refractivity contribution in [3.63, 3.8) is 0 Å². The van der Waals surface area contributed by atoms with E-state index in [0.29, 0.717) is 16.7 Å². The van der Waals surface area contributed by atoms with Crippen LogP contribution in [0.4, 0.5) is 0 Å². The molecule has 0 bridgehead atoms. The van der Waals surface area contributed by atoms with Crippen molar-refractivity contribution in [1.29, 1.82) is 0 Å². The molecule has 1 amide bonds. The van der Waals surface area contributed by atoms with E-state index < -0.39 is 21.8 Å². The molecule has 0 spiro atoms. The summed E-state index contributed by atoms with van der Waals surface area (Å²) >= 11 is 0. The van der Waals surface area contributed by atoms with Gasteiger partial charge in [-0.3, -0.25) is 14.1 Å². The highest BCUT2D eigenvalue weighted by atomic mass is 32.2. The number of carbonyl (C=O) groups excluding carboxylic acids is 2. The van der Waals surface area contributed by atoms with Crippen LogP contribution >= 0.6 is 0 Å². The average Bonchev–Trinajstić information content (AvgIpc) is 2.60. The predicted octanol–water partition coefficient (Wildman–Crippen LogP) is 2.03. The van der Waals surface area contributed by atoms with Crippen molar-refractivity contribution in [2.45, 2.75) is 12.8 Å². The largest absolute Gasteiger partial charge is 0.354 e. The van der Waals surface area contributed by atoms with Crippen molar-refractivity contribution in [2.75, 3.05) is 12.3 Å². The lowest BCUT2D eigenvalue weighted by Crippen LogP contribution is -2.32. The fraction of sp³-hybridized carbons (Fsp3) is 0.222. The molecule has 0 radical (unpaired) electrons. The number of ketones is 1. The van der Waals surface area contributed by atoms with Crippen LogP contribution in [0.3, 0.4) is 0 Å². The van der Waals surface area contributed by atoms with Gasteiger partial charge in [0.1, 0.15) is 0 Å². The van der Waals surface area contributed by atoms with Gasteiger partial charge in [0.25, 0.3) is 10.1 Å². The highest BCUT2D eigenvalue weighted by Gasteiger charge is 2.17. The summed E-state index contributed by atoms with van der Waals surface area (Å²) in [5, 5.41) is 2.45. The molecule has 6 nitrogen and oxygen atoms in total. The van der Waals surface area contributed by atoms with Crippen molar-refractivity contribution >= 4 is 21.8 Å². The normalized spacial score (nSPS) is 12.4. The minimum Gasteiger partial charge on any atom is -0.354 e. The van der Waals surface area contributed by atoms with Gasteiger partial charge in [0.05, 0.1) is 11.7 Å². The SMILES string of the molecule is C[C@H](C(=O)NCCS(=O)(=O)O)c1cccc(C(=O)c2ccccc2)c1. The summed E-state index contributed by atoms with van der Waals surface area (Å²) in [6.07, 6.45) is 0. The van der Waals surface area contributed by atoms with Crippen LogP contribution < -0.4 is 5.32 Å². The van der Waals surface area contributed by atoms with Crippen molar-refractivity contribution in [2.24, 2.45) is 0 Å². The molecule has 0 heterocycles. The van der Waals surface area contributed by atoms with Crippen LogP contribution in [0.1, 0.15) is 34.3 Å². The summed E-state index contributed by atoms with van der Waals surface area (Å²) < 4.78 is 30.0. The summed E-state index contributed by atoms with van der Waals surface area (Å²) in [4.78, 5) is 24.6. The Morgan fingerprint density at radius 2 is 1.68 bits per heavy atom. The van der Waals surface area contributed by atoms with Gasteiger partial charge < -0.3 is 5.32 Å². The first-order valence-electron chi connectivity index (χ1n) is 7.70. The topological polar surface area (TPSA) is 101 Å². The number of benzene rings is 2. The van der Waals surface area contributed by atoms with Crippen LogP contribution in [0, 0.1) is 0 Å². The van der Waals surface area contributed by atoms with E-state index in [4.69, 9.17) is 4.55 Å². The molecule has 0 aliphatic carbocycles. The third-order valence-electron chi connectivity index (χ3n) is 3.74. The van der Waals surface area contributed by atoms with Crippen molar-refractivity contribution < 1.29 is 22.6 Å². The van der Waals surface area contributed by atoms with Crippen molar-refractivity contribution in [3.8, 4) is 0 Å². The third-order valence-corrected chi connectivity index (χ3v) is 4.46. The Hall–Kier alpha value is -2.51. The second-order valence-corrected chi connectivity index (χ2v) is 7.19. The molecule has 0 fully saturated rings. The fourth-order valence-corrected chi connectivity index (χ4v) is 2.67. The van der Waals surface area contributed by atoms with Gasteiger partial charge in [-0.15, -0.1) is 0 Å². The maximum Gasteiger partial charge on any atom is 0.266 e. The molecular formula is C18H19NO5S. The van der Waals surface area contributed by atoms with Crippen LogP contribution in [0.25, 0.3) is 0 Å². The molecule has 2 rings (SSSR count). The molecule has 1 atom stereocenters. The summed E-state index contributed by atoms with van der Waals surface area (Å²) in [7, 11) is -4.12. The minimum absolute atomic E-state index is 0.138. The number of nitrogens with one attached hydrogen (secondary N) is 1. The Morgan fingerprint density at radius 3 is 2.32 bits per heavy atom.